The van der Waals surface area contributed by atoms with Gasteiger partial charge in [-0.15, -0.1) is 0 Å². The van der Waals surface area contributed by atoms with Crippen LogP contribution in [0.5, 0.6) is 0 Å². The fourth-order valence-electron chi connectivity index (χ4n) is 1.000. The number of carbonyl (C=O) groups is 1. The Hall–Kier alpha value is -1.03. The summed E-state index contributed by atoms with van der Waals surface area (Å²) >= 11 is 5.83. The van der Waals surface area contributed by atoms with Gasteiger partial charge in [-0.2, -0.15) is 5.10 Å². The molecule has 0 unspecified atom stereocenters. The number of carboxylic acids is 1. The summed E-state index contributed by atoms with van der Waals surface area (Å²) in [5.41, 5.74) is 0.677. The summed E-state index contributed by atoms with van der Waals surface area (Å²) in [5, 5.41) is 13.1. The maximum atomic E-state index is 10.5. The first-order chi connectivity index (χ1) is 6.30. The molecule has 0 amide bonds. The molecule has 5 heteroatoms. The summed E-state index contributed by atoms with van der Waals surface area (Å²) in [6.45, 7) is 5.79. The standard InChI is InChI=1S/C9H13ClN2O2/c1-9(2,3)6-4-7(10)12(11-6)5-8(13)14/h4H,5H2,1-3H3,(H,13,14). The van der Waals surface area contributed by atoms with Crippen LogP contribution in [0.25, 0.3) is 0 Å². The van der Waals surface area contributed by atoms with Crippen molar-refractivity contribution in [1.29, 1.82) is 0 Å². The van der Waals surface area contributed by atoms with E-state index in [2.05, 4.69) is 5.10 Å². The second kappa shape index (κ2) is 3.61. The highest BCUT2D eigenvalue weighted by Gasteiger charge is 2.19. The van der Waals surface area contributed by atoms with Crippen molar-refractivity contribution in [2.75, 3.05) is 0 Å². The lowest BCUT2D eigenvalue weighted by molar-refractivity contribution is -0.137. The van der Waals surface area contributed by atoms with Gasteiger partial charge in [-0.25, -0.2) is 4.68 Å². The van der Waals surface area contributed by atoms with E-state index in [4.69, 9.17) is 16.7 Å². The molecule has 0 spiro atoms. The monoisotopic (exact) mass is 216 g/mol. The van der Waals surface area contributed by atoms with Gasteiger partial charge in [-0.3, -0.25) is 4.79 Å². The minimum atomic E-state index is -0.949. The Morgan fingerprint density at radius 2 is 2.21 bits per heavy atom. The number of aliphatic carboxylic acids is 1. The zero-order valence-corrected chi connectivity index (χ0v) is 9.17. The normalized spacial score (nSPS) is 11.7. The molecule has 0 radical (unpaired) electrons. The highest BCUT2D eigenvalue weighted by Crippen LogP contribution is 2.23. The zero-order chi connectivity index (χ0) is 10.9. The molecule has 0 saturated heterocycles. The fourth-order valence-corrected chi connectivity index (χ4v) is 1.20. The molecule has 78 valence electrons. The molecule has 0 fully saturated rings. The SMILES string of the molecule is CC(C)(C)c1cc(Cl)n(CC(=O)O)n1. The molecule has 1 N–H and O–H groups in total. The molecule has 1 heterocycles. The van der Waals surface area contributed by atoms with Crippen molar-refractivity contribution in [2.24, 2.45) is 0 Å². The van der Waals surface area contributed by atoms with Gasteiger partial charge in [0.1, 0.15) is 11.7 Å². The van der Waals surface area contributed by atoms with Gasteiger partial charge < -0.3 is 5.11 Å². The van der Waals surface area contributed by atoms with Crippen molar-refractivity contribution < 1.29 is 9.90 Å². The maximum Gasteiger partial charge on any atom is 0.325 e. The average molecular weight is 217 g/mol. The van der Waals surface area contributed by atoms with Gasteiger partial charge in [0.15, 0.2) is 0 Å². The molecule has 14 heavy (non-hydrogen) atoms. The number of rotatable bonds is 2. The molecule has 0 bridgehead atoms. The fraction of sp³-hybridized carbons (Fsp3) is 0.556. The van der Waals surface area contributed by atoms with E-state index < -0.39 is 5.97 Å². The smallest absolute Gasteiger partial charge is 0.325 e. The first kappa shape index (κ1) is 11.0. The van der Waals surface area contributed by atoms with Crippen molar-refractivity contribution in [2.45, 2.75) is 32.7 Å². The van der Waals surface area contributed by atoms with Gasteiger partial charge in [-0.1, -0.05) is 32.4 Å². The van der Waals surface area contributed by atoms with Crippen molar-refractivity contribution in [3.05, 3.63) is 16.9 Å². The lowest BCUT2D eigenvalue weighted by atomic mass is 9.93. The van der Waals surface area contributed by atoms with E-state index in [0.717, 1.165) is 5.69 Å². The Balaban J connectivity index is 2.99. The van der Waals surface area contributed by atoms with Gasteiger partial charge in [0.05, 0.1) is 5.69 Å². The molecule has 0 atom stereocenters. The summed E-state index contributed by atoms with van der Waals surface area (Å²) in [4.78, 5) is 10.5. The maximum absolute atomic E-state index is 10.5. The summed E-state index contributed by atoms with van der Waals surface area (Å²) < 4.78 is 1.28. The molecular formula is C9H13ClN2O2. The molecule has 1 aromatic heterocycles. The van der Waals surface area contributed by atoms with Gasteiger partial charge >= 0.3 is 5.97 Å². The van der Waals surface area contributed by atoms with Crippen LogP contribution < -0.4 is 0 Å². The molecule has 1 aromatic rings. The number of halogens is 1. The molecule has 0 saturated carbocycles. The van der Waals surface area contributed by atoms with Crippen LogP contribution in [-0.2, 0) is 16.8 Å². The van der Waals surface area contributed by atoms with Crippen LogP contribution in [0, 0.1) is 0 Å². The van der Waals surface area contributed by atoms with E-state index in [1.54, 1.807) is 6.07 Å². The Morgan fingerprint density at radius 1 is 1.64 bits per heavy atom. The average Bonchev–Trinajstić information content (AvgIpc) is 2.30. The van der Waals surface area contributed by atoms with E-state index in [1.165, 1.54) is 4.68 Å². The van der Waals surface area contributed by atoms with Crippen LogP contribution in [0.4, 0.5) is 0 Å². The third-order valence-corrected chi connectivity index (χ3v) is 2.09. The molecule has 0 aromatic carbocycles. The number of hydrogen-bond acceptors (Lipinski definition) is 2. The quantitative estimate of drug-likeness (QED) is 0.822. The Morgan fingerprint density at radius 3 is 2.57 bits per heavy atom. The number of aromatic nitrogens is 2. The number of nitrogens with zero attached hydrogens (tertiary/aromatic N) is 2. The predicted octanol–water partition coefficient (Wildman–Crippen LogP) is 1.92. The highest BCUT2D eigenvalue weighted by molar-refractivity contribution is 6.29. The van der Waals surface area contributed by atoms with E-state index in [0.29, 0.717) is 5.15 Å². The molecule has 4 nitrogen and oxygen atoms in total. The molecule has 0 aliphatic rings. The first-order valence-corrected chi connectivity index (χ1v) is 4.64. The van der Waals surface area contributed by atoms with Gasteiger partial charge in [-0.05, 0) is 6.07 Å². The van der Waals surface area contributed by atoms with Crippen LogP contribution in [0.2, 0.25) is 5.15 Å². The minimum Gasteiger partial charge on any atom is -0.480 e. The lowest BCUT2D eigenvalue weighted by Gasteiger charge is -2.13. The molecule has 0 aliphatic heterocycles. The van der Waals surface area contributed by atoms with Crippen LogP contribution in [-0.4, -0.2) is 20.9 Å². The first-order valence-electron chi connectivity index (χ1n) is 4.26. The minimum absolute atomic E-state index is 0.118. The third kappa shape index (κ3) is 2.48. The summed E-state index contributed by atoms with van der Waals surface area (Å²) in [6.07, 6.45) is 0. The molecule has 1 rings (SSSR count). The molecule has 0 aliphatic carbocycles. The van der Waals surface area contributed by atoms with E-state index in [9.17, 15) is 4.79 Å². The van der Waals surface area contributed by atoms with E-state index in [-0.39, 0.29) is 12.0 Å². The zero-order valence-electron chi connectivity index (χ0n) is 8.41. The second-order valence-electron chi connectivity index (χ2n) is 4.15. The predicted molar refractivity (Wildman–Crippen MR) is 53.6 cm³/mol. The highest BCUT2D eigenvalue weighted by atomic mass is 35.5. The van der Waals surface area contributed by atoms with E-state index in [1.807, 2.05) is 20.8 Å². The van der Waals surface area contributed by atoms with Gasteiger partial charge in [0.25, 0.3) is 0 Å². The van der Waals surface area contributed by atoms with Crippen molar-refractivity contribution in [3.8, 4) is 0 Å². The summed E-state index contributed by atoms with van der Waals surface area (Å²) in [5.74, 6) is -0.949. The summed E-state index contributed by atoms with van der Waals surface area (Å²) in [7, 11) is 0. The van der Waals surface area contributed by atoms with Crippen LogP contribution in [0.1, 0.15) is 26.5 Å². The number of carboxylic acid groups (broad SMARTS) is 1. The second-order valence-corrected chi connectivity index (χ2v) is 4.54. The summed E-state index contributed by atoms with van der Waals surface area (Å²) in [6, 6.07) is 1.70. The van der Waals surface area contributed by atoms with Crippen LogP contribution >= 0.6 is 11.6 Å². The third-order valence-electron chi connectivity index (χ3n) is 1.78. The van der Waals surface area contributed by atoms with Crippen LogP contribution in [0.15, 0.2) is 6.07 Å². The molecular weight excluding hydrogens is 204 g/mol. The Kier molecular flexibility index (Phi) is 2.85. The topological polar surface area (TPSA) is 55.1 Å². The lowest BCUT2D eigenvalue weighted by Crippen LogP contribution is -2.15. The Labute approximate surface area is 87.5 Å². The number of hydrogen-bond donors (Lipinski definition) is 1. The van der Waals surface area contributed by atoms with Gasteiger partial charge in [0, 0.05) is 5.41 Å². The van der Waals surface area contributed by atoms with E-state index >= 15 is 0 Å². The van der Waals surface area contributed by atoms with Gasteiger partial charge in [0.2, 0.25) is 0 Å². The van der Waals surface area contributed by atoms with Crippen LogP contribution in [0.3, 0.4) is 0 Å². The van der Waals surface area contributed by atoms with Crippen molar-refractivity contribution in [3.63, 3.8) is 0 Å². The van der Waals surface area contributed by atoms with Crippen molar-refractivity contribution >= 4 is 17.6 Å². The largest absolute Gasteiger partial charge is 0.480 e. The Bertz CT molecular complexity index is 352. The van der Waals surface area contributed by atoms with Crippen molar-refractivity contribution in [1.82, 2.24) is 9.78 Å².